The van der Waals surface area contributed by atoms with Crippen molar-refractivity contribution in [2.45, 2.75) is 12.8 Å². The molecule has 0 aromatic rings. The van der Waals surface area contributed by atoms with Gasteiger partial charge in [0, 0.05) is 13.1 Å². The minimum atomic E-state index is -0.722. The predicted molar refractivity (Wildman–Crippen MR) is 44.7 cm³/mol. The molecule has 1 heterocycles. The van der Waals surface area contributed by atoms with Crippen molar-refractivity contribution in [1.29, 1.82) is 0 Å². The number of piperidine rings is 1. The van der Waals surface area contributed by atoms with Crippen LogP contribution in [-0.2, 0) is 4.79 Å². The number of hydrogen-bond donors (Lipinski definition) is 1. The second-order valence-corrected chi connectivity index (χ2v) is 4.00. The molecule has 5 nitrogen and oxygen atoms in total. The lowest BCUT2D eigenvalue weighted by Gasteiger charge is -2.26. The fraction of sp³-hybridized carbons (Fsp3) is 0.875. The molecule has 0 spiro atoms. The van der Waals surface area contributed by atoms with Crippen molar-refractivity contribution in [1.82, 2.24) is 5.01 Å². The number of carboxylic acid groups (broad SMARTS) is 1. The first-order valence-corrected chi connectivity index (χ1v) is 4.51. The van der Waals surface area contributed by atoms with Gasteiger partial charge in [0.15, 0.2) is 0 Å². The highest BCUT2D eigenvalue weighted by atomic mass is 16.4. The molecule has 72 valence electrons. The number of aliphatic carboxylic acids is 1. The lowest BCUT2D eigenvalue weighted by molar-refractivity contribution is -0.143. The van der Waals surface area contributed by atoms with Crippen LogP contribution in [0.15, 0.2) is 5.29 Å². The lowest BCUT2D eigenvalue weighted by Crippen LogP contribution is -2.33. The molecule has 0 aromatic carbocycles. The molecule has 1 saturated heterocycles. The van der Waals surface area contributed by atoms with Crippen molar-refractivity contribution in [2.24, 2.45) is 23.0 Å². The third-order valence-electron chi connectivity index (χ3n) is 3.14. The summed E-state index contributed by atoms with van der Waals surface area (Å²) in [6.07, 6.45) is 1.66. The number of carboxylic acids is 1. The highest BCUT2D eigenvalue weighted by molar-refractivity contribution is 5.70. The van der Waals surface area contributed by atoms with Gasteiger partial charge in [0.05, 0.1) is 11.2 Å². The van der Waals surface area contributed by atoms with E-state index in [0.29, 0.717) is 25.4 Å². The molecular formula is C8H12N2O3. The van der Waals surface area contributed by atoms with Crippen molar-refractivity contribution < 1.29 is 9.90 Å². The van der Waals surface area contributed by atoms with Crippen molar-refractivity contribution >= 4 is 5.97 Å². The van der Waals surface area contributed by atoms with E-state index in [1.165, 1.54) is 5.01 Å². The largest absolute Gasteiger partial charge is 0.481 e. The summed E-state index contributed by atoms with van der Waals surface area (Å²) in [6, 6.07) is 0. The van der Waals surface area contributed by atoms with Gasteiger partial charge in [-0.25, -0.2) is 0 Å². The van der Waals surface area contributed by atoms with Crippen LogP contribution in [0.4, 0.5) is 0 Å². The Hall–Kier alpha value is -1.13. The number of carbonyl (C=O) groups is 1. The molecule has 0 radical (unpaired) electrons. The Morgan fingerprint density at radius 3 is 2.77 bits per heavy atom. The van der Waals surface area contributed by atoms with E-state index in [-0.39, 0.29) is 11.8 Å². The smallest absolute Gasteiger partial charge is 0.306 e. The number of rotatable bonds is 2. The Morgan fingerprint density at radius 2 is 2.15 bits per heavy atom. The maximum Gasteiger partial charge on any atom is 0.306 e. The Morgan fingerprint density at radius 1 is 1.38 bits per heavy atom. The lowest BCUT2D eigenvalue weighted by atomic mass is 9.95. The predicted octanol–water partition coefficient (Wildman–Crippen LogP) is 0.710. The van der Waals surface area contributed by atoms with Crippen LogP contribution in [-0.4, -0.2) is 29.2 Å². The molecular weight excluding hydrogens is 172 g/mol. The van der Waals surface area contributed by atoms with Gasteiger partial charge in [0.1, 0.15) is 0 Å². The monoisotopic (exact) mass is 184 g/mol. The van der Waals surface area contributed by atoms with Gasteiger partial charge in [-0.15, -0.1) is 4.91 Å². The maximum absolute atomic E-state index is 10.8. The van der Waals surface area contributed by atoms with Crippen molar-refractivity contribution in [3.05, 3.63) is 4.91 Å². The van der Waals surface area contributed by atoms with Crippen LogP contribution in [0, 0.1) is 22.7 Å². The summed E-state index contributed by atoms with van der Waals surface area (Å²) in [4.78, 5) is 21.1. The van der Waals surface area contributed by atoms with Crippen LogP contribution < -0.4 is 0 Å². The molecule has 1 N–H and O–H groups in total. The van der Waals surface area contributed by atoms with Crippen molar-refractivity contribution in [3.8, 4) is 0 Å². The van der Waals surface area contributed by atoms with Gasteiger partial charge >= 0.3 is 5.97 Å². The van der Waals surface area contributed by atoms with E-state index < -0.39 is 5.97 Å². The zero-order valence-corrected chi connectivity index (χ0v) is 7.22. The topological polar surface area (TPSA) is 70.0 Å². The summed E-state index contributed by atoms with van der Waals surface area (Å²) < 4.78 is 0. The summed E-state index contributed by atoms with van der Waals surface area (Å²) >= 11 is 0. The van der Waals surface area contributed by atoms with Gasteiger partial charge in [-0.05, 0) is 24.7 Å². The molecule has 3 atom stereocenters. The van der Waals surface area contributed by atoms with E-state index in [1.54, 1.807) is 0 Å². The van der Waals surface area contributed by atoms with Crippen molar-refractivity contribution in [2.75, 3.05) is 13.1 Å². The van der Waals surface area contributed by atoms with Gasteiger partial charge in [-0.3, -0.25) is 9.80 Å². The van der Waals surface area contributed by atoms with Gasteiger partial charge in [0.2, 0.25) is 0 Å². The Labute approximate surface area is 75.7 Å². The second-order valence-electron chi connectivity index (χ2n) is 4.00. The van der Waals surface area contributed by atoms with Crippen LogP contribution >= 0.6 is 0 Å². The van der Waals surface area contributed by atoms with Crippen LogP contribution in [0.2, 0.25) is 0 Å². The highest BCUT2D eigenvalue weighted by Crippen LogP contribution is 2.41. The van der Waals surface area contributed by atoms with Crippen molar-refractivity contribution in [3.63, 3.8) is 0 Å². The SMILES string of the molecule is O=NN1CC2CC(C1)C(C(=O)O)C2. The fourth-order valence-electron chi connectivity index (χ4n) is 2.60. The normalized spacial score (nSPS) is 37.5. The second kappa shape index (κ2) is 2.97. The summed E-state index contributed by atoms with van der Waals surface area (Å²) in [6.45, 7) is 1.17. The van der Waals surface area contributed by atoms with E-state index in [2.05, 4.69) is 5.29 Å². The third-order valence-corrected chi connectivity index (χ3v) is 3.14. The molecule has 0 amide bonds. The standard InChI is InChI=1S/C8H12N2O3/c11-8(12)7-2-5-1-6(7)4-10(3-5)9-13/h5-7H,1-4H2,(H,11,12). The minimum Gasteiger partial charge on any atom is -0.481 e. The third kappa shape index (κ3) is 1.38. The first-order valence-electron chi connectivity index (χ1n) is 4.51. The van der Waals surface area contributed by atoms with Crippen LogP contribution in [0.5, 0.6) is 0 Å². The van der Waals surface area contributed by atoms with Gasteiger partial charge in [-0.2, -0.15) is 0 Å². The van der Waals surface area contributed by atoms with Gasteiger partial charge in [0.25, 0.3) is 0 Å². The minimum absolute atomic E-state index is 0.133. The summed E-state index contributed by atoms with van der Waals surface area (Å²) in [5.74, 6) is -0.483. The highest BCUT2D eigenvalue weighted by Gasteiger charge is 2.43. The zero-order chi connectivity index (χ0) is 9.42. The van der Waals surface area contributed by atoms with Gasteiger partial charge < -0.3 is 5.11 Å². The van der Waals surface area contributed by atoms with Gasteiger partial charge in [-0.1, -0.05) is 0 Å². The molecule has 5 heteroatoms. The summed E-state index contributed by atoms with van der Waals surface area (Å²) in [5, 5.41) is 13.2. The number of hydrogen-bond acceptors (Lipinski definition) is 3. The van der Waals surface area contributed by atoms with E-state index in [1.807, 2.05) is 0 Å². The number of fused-ring (bicyclic) bond motifs is 2. The Kier molecular flexibility index (Phi) is 1.94. The van der Waals surface area contributed by atoms with Crippen LogP contribution in [0.25, 0.3) is 0 Å². The quantitative estimate of drug-likeness (QED) is 0.641. The number of nitrogens with zero attached hydrogens (tertiary/aromatic N) is 2. The summed E-state index contributed by atoms with van der Waals surface area (Å²) in [5.41, 5.74) is 0. The van der Waals surface area contributed by atoms with Crippen LogP contribution in [0.1, 0.15) is 12.8 Å². The molecule has 2 rings (SSSR count). The molecule has 2 bridgehead atoms. The molecule has 3 unspecified atom stereocenters. The van der Waals surface area contributed by atoms with E-state index >= 15 is 0 Å². The molecule has 1 aliphatic heterocycles. The molecule has 2 fully saturated rings. The zero-order valence-electron chi connectivity index (χ0n) is 7.22. The Bertz CT molecular complexity index is 244. The Balaban J connectivity index is 2.08. The first-order chi connectivity index (χ1) is 6.20. The molecule has 2 aliphatic rings. The number of nitroso groups, excluding NO2 is 1. The van der Waals surface area contributed by atoms with E-state index in [4.69, 9.17) is 5.11 Å². The molecule has 1 aliphatic carbocycles. The first kappa shape index (κ1) is 8.47. The van der Waals surface area contributed by atoms with E-state index in [9.17, 15) is 9.70 Å². The maximum atomic E-state index is 10.8. The van der Waals surface area contributed by atoms with Crippen LogP contribution in [0.3, 0.4) is 0 Å². The average molecular weight is 184 g/mol. The van der Waals surface area contributed by atoms with E-state index in [0.717, 1.165) is 6.42 Å². The summed E-state index contributed by atoms with van der Waals surface area (Å²) in [7, 11) is 0. The molecule has 13 heavy (non-hydrogen) atoms. The molecule has 1 saturated carbocycles. The molecule has 0 aromatic heterocycles. The fourth-order valence-corrected chi connectivity index (χ4v) is 2.60. The average Bonchev–Trinajstić information content (AvgIpc) is 2.41.